The van der Waals surface area contributed by atoms with Crippen LogP contribution < -0.4 is 5.73 Å². The second-order valence-corrected chi connectivity index (χ2v) is 4.29. The van der Waals surface area contributed by atoms with E-state index in [-0.39, 0.29) is 17.0 Å². The van der Waals surface area contributed by atoms with Crippen LogP contribution in [0.2, 0.25) is 0 Å². The van der Waals surface area contributed by atoms with Crippen molar-refractivity contribution < 1.29 is 4.42 Å². The highest BCUT2D eigenvalue weighted by molar-refractivity contribution is 5.45. The monoisotopic (exact) mass is 225 g/mol. The molecule has 2 N–H and O–H groups in total. The van der Waals surface area contributed by atoms with Crippen LogP contribution in [0.15, 0.2) is 34.7 Å². The van der Waals surface area contributed by atoms with Gasteiger partial charge in [0.15, 0.2) is 0 Å². The largest absolute Gasteiger partial charge is 0.423 e. The smallest absolute Gasteiger partial charge is 0.229 e. The average Bonchev–Trinajstić information content (AvgIpc) is 3.09. The summed E-state index contributed by atoms with van der Waals surface area (Å²) in [6.07, 6.45) is 1.98. The maximum atomic E-state index is 8.84. The number of anilines is 1. The summed E-state index contributed by atoms with van der Waals surface area (Å²) in [7, 11) is 0. The van der Waals surface area contributed by atoms with E-state index in [1.807, 2.05) is 24.3 Å². The van der Waals surface area contributed by atoms with E-state index in [0.717, 1.165) is 12.8 Å². The maximum absolute atomic E-state index is 8.84. The van der Waals surface area contributed by atoms with Gasteiger partial charge < -0.3 is 10.2 Å². The molecule has 0 amide bonds. The van der Waals surface area contributed by atoms with Crippen molar-refractivity contribution in [1.29, 1.82) is 5.26 Å². The Morgan fingerprint density at radius 3 is 2.53 bits per heavy atom. The van der Waals surface area contributed by atoms with Crippen molar-refractivity contribution >= 4 is 5.88 Å². The zero-order chi connectivity index (χ0) is 11.9. The van der Waals surface area contributed by atoms with Crippen LogP contribution in [0.1, 0.15) is 30.0 Å². The van der Waals surface area contributed by atoms with Crippen LogP contribution in [-0.4, -0.2) is 4.98 Å². The first-order valence-corrected chi connectivity index (χ1v) is 5.49. The van der Waals surface area contributed by atoms with Crippen LogP contribution in [0, 0.1) is 11.3 Å². The molecule has 0 aliphatic heterocycles. The van der Waals surface area contributed by atoms with E-state index in [1.54, 1.807) is 0 Å². The summed E-state index contributed by atoms with van der Waals surface area (Å²) in [5, 5.41) is 8.84. The number of aromatic nitrogens is 1. The van der Waals surface area contributed by atoms with Crippen LogP contribution in [0.4, 0.5) is 5.88 Å². The lowest BCUT2D eigenvalue weighted by Crippen LogP contribution is -2.08. The Labute approximate surface area is 98.7 Å². The van der Waals surface area contributed by atoms with Crippen molar-refractivity contribution in [3.8, 4) is 6.07 Å². The Morgan fingerprint density at radius 1 is 1.29 bits per heavy atom. The van der Waals surface area contributed by atoms with Crippen LogP contribution in [0.3, 0.4) is 0 Å². The minimum Gasteiger partial charge on any atom is -0.423 e. The van der Waals surface area contributed by atoms with Gasteiger partial charge in [0.05, 0.1) is 5.41 Å². The molecule has 0 atom stereocenters. The van der Waals surface area contributed by atoms with Gasteiger partial charge in [-0.1, -0.05) is 30.3 Å². The summed E-state index contributed by atoms with van der Waals surface area (Å²) in [5.74, 6) is 0.683. The van der Waals surface area contributed by atoms with Gasteiger partial charge in [0.25, 0.3) is 0 Å². The standard InChI is InChI=1S/C13H11N3O/c14-8-10-11(15)17-12(16-10)13(6-7-13)9-4-2-1-3-5-9/h1-5H,6-7,15H2. The third-order valence-electron chi connectivity index (χ3n) is 3.25. The van der Waals surface area contributed by atoms with Crippen LogP contribution >= 0.6 is 0 Å². The summed E-state index contributed by atoms with van der Waals surface area (Å²) in [6, 6.07) is 12.0. The number of nitrogens with two attached hydrogens (primary N) is 1. The van der Waals surface area contributed by atoms with Gasteiger partial charge >= 0.3 is 0 Å². The molecule has 84 valence electrons. The number of hydrogen-bond acceptors (Lipinski definition) is 4. The van der Waals surface area contributed by atoms with Gasteiger partial charge in [0.1, 0.15) is 6.07 Å². The number of nitrogens with zero attached hydrogens (tertiary/aromatic N) is 2. The molecule has 0 saturated heterocycles. The highest BCUT2D eigenvalue weighted by atomic mass is 16.4. The van der Waals surface area contributed by atoms with Crippen molar-refractivity contribution in [2.24, 2.45) is 0 Å². The molecule has 0 spiro atoms. The van der Waals surface area contributed by atoms with Crippen molar-refractivity contribution in [3.63, 3.8) is 0 Å². The number of nitrogen functional groups attached to an aromatic ring is 1. The van der Waals surface area contributed by atoms with E-state index in [2.05, 4.69) is 17.1 Å². The summed E-state index contributed by atoms with van der Waals surface area (Å²) >= 11 is 0. The molecule has 0 unspecified atom stereocenters. The van der Waals surface area contributed by atoms with Gasteiger partial charge in [-0.2, -0.15) is 10.2 Å². The lowest BCUT2D eigenvalue weighted by atomic mass is 9.96. The van der Waals surface area contributed by atoms with Gasteiger partial charge in [0.2, 0.25) is 17.5 Å². The van der Waals surface area contributed by atoms with Crippen LogP contribution in [0.5, 0.6) is 0 Å². The summed E-state index contributed by atoms with van der Waals surface area (Å²) < 4.78 is 5.43. The summed E-state index contributed by atoms with van der Waals surface area (Å²) in [5.41, 5.74) is 6.80. The first-order valence-electron chi connectivity index (χ1n) is 5.49. The molecule has 17 heavy (non-hydrogen) atoms. The number of hydrogen-bond donors (Lipinski definition) is 1. The fourth-order valence-corrected chi connectivity index (χ4v) is 2.12. The van der Waals surface area contributed by atoms with E-state index in [0.29, 0.717) is 5.89 Å². The number of benzene rings is 1. The molecule has 1 aliphatic rings. The van der Waals surface area contributed by atoms with Crippen molar-refractivity contribution in [3.05, 3.63) is 47.5 Å². The second-order valence-electron chi connectivity index (χ2n) is 4.29. The third kappa shape index (κ3) is 1.40. The Morgan fingerprint density at radius 2 is 2.00 bits per heavy atom. The topological polar surface area (TPSA) is 75.8 Å². The molecule has 0 radical (unpaired) electrons. The molecule has 1 aliphatic carbocycles. The van der Waals surface area contributed by atoms with Crippen LogP contribution in [0.25, 0.3) is 0 Å². The Hall–Kier alpha value is -2.28. The average molecular weight is 225 g/mol. The van der Waals surface area contributed by atoms with Gasteiger partial charge in [0, 0.05) is 0 Å². The molecule has 4 heteroatoms. The molecule has 1 aromatic heterocycles. The van der Waals surface area contributed by atoms with E-state index >= 15 is 0 Å². The van der Waals surface area contributed by atoms with Crippen LogP contribution in [-0.2, 0) is 5.41 Å². The molecular formula is C13H11N3O. The predicted octanol–water partition coefficient (Wildman–Crippen LogP) is 2.21. The second kappa shape index (κ2) is 3.36. The van der Waals surface area contributed by atoms with Gasteiger partial charge in [-0.3, -0.25) is 0 Å². The molecule has 3 rings (SSSR count). The summed E-state index contributed by atoms with van der Waals surface area (Å²) in [4.78, 5) is 4.19. The molecule has 0 bridgehead atoms. The lowest BCUT2D eigenvalue weighted by Gasteiger charge is -2.10. The summed E-state index contributed by atoms with van der Waals surface area (Å²) in [6.45, 7) is 0. The number of rotatable bonds is 2. The SMILES string of the molecule is N#Cc1nc(C2(c3ccccc3)CC2)oc1N. The molecule has 4 nitrogen and oxygen atoms in total. The molecule has 1 aromatic carbocycles. The van der Waals surface area contributed by atoms with Gasteiger partial charge in [-0.15, -0.1) is 0 Å². The highest BCUT2D eigenvalue weighted by Crippen LogP contribution is 2.53. The zero-order valence-electron chi connectivity index (χ0n) is 9.18. The minimum absolute atomic E-state index is 0.115. The quantitative estimate of drug-likeness (QED) is 0.850. The minimum atomic E-state index is -0.162. The van der Waals surface area contributed by atoms with E-state index in [4.69, 9.17) is 15.4 Å². The Kier molecular flexibility index (Phi) is 1.96. The first-order chi connectivity index (χ1) is 8.26. The van der Waals surface area contributed by atoms with E-state index < -0.39 is 0 Å². The number of oxazole rings is 1. The molecule has 1 fully saturated rings. The molecule has 1 heterocycles. The first kappa shape index (κ1) is 9.91. The fourth-order valence-electron chi connectivity index (χ4n) is 2.12. The van der Waals surface area contributed by atoms with Crippen molar-refractivity contribution in [1.82, 2.24) is 4.98 Å². The number of nitriles is 1. The highest BCUT2D eigenvalue weighted by Gasteiger charge is 2.50. The fraction of sp³-hybridized carbons (Fsp3) is 0.231. The van der Waals surface area contributed by atoms with Gasteiger partial charge in [-0.25, -0.2) is 0 Å². The maximum Gasteiger partial charge on any atom is 0.229 e. The lowest BCUT2D eigenvalue weighted by molar-refractivity contribution is 0.476. The molecule has 2 aromatic rings. The normalized spacial score (nSPS) is 16.4. The Balaban J connectivity index is 2.07. The third-order valence-corrected chi connectivity index (χ3v) is 3.25. The van der Waals surface area contributed by atoms with Gasteiger partial charge in [-0.05, 0) is 18.4 Å². The predicted molar refractivity (Wildman–Crippen MR) is 62.1 cm³/mol. The Bertz CT molecular complexity index is 591. The van der Waals surface area contributed by atoms with E-state index in [1.165, 1.54) is 5.56 Å². The molecular weight excluding hydrogens is 214 g/mol. The van der Waals surface area contributed by atoms with Crippen molar-refractivity contribution in [2.45, 2.75) is 18.3 Å². The zero-order valence-corrected chi connectivity index (χ0v) is 9.18. The van der Waals surface area contributed by atoms with E-state index in [9.17, 15) is 0 Å². The van der Waals surface area contributed by atoms with Crippen molar-refractivity contribution in [2.75, 3.05) is 5.73 Å². The molecule has 1 saturated carbocycles.